The lowest BCUT2D eigenvalue weighted by Gasteiger charge is -2.37. The molecule has 0 bridgehead atoms. The lowest BCUT2D eigenvalue weighted by atomic mass is 9.85. The summed E-state index contributed by atoms with van der Waals surface area (Å²) in [5.74, 6) is -9.81. The first-order valence-corrected chi connectivity index (χ1v) is 28.6. The second-order valence-corrected chi connectivity index (χ2v) is 22.9. The van der Waals surface area contributed by atoms with Crippen LogP contribution in [0, 0.1) is 5.92 Å². The second kappa shape index (κ2) is 29.6. The number of nitrogens with zero attached hydrogens (tertiary/aromatic N) is 2. The molecule has 3 aliphatic rings. The van der Waals surface area contributed by atoms with Gasteiger partial charge in [-0.1, -0.05) is 79.3 Å². The molecule has 11 amide bonds. The minimum atomic E-state index is -1.75. The van der Waals surface area contributed by atoms with Gasteiger partial charge in [-0.05, 0) is 68.4 Å². The Bertz CT molecular complexity index is 2520. The zero-order valence-electron chi connectivity index (χ0n) is 44.0. The molecular formula is C50H75N15O11S2. The summed E-state index contributed by atoms with van der Waals surface area (Å²) < 4.78 is -0.726. The van der Waals surface area contributed by atoms with Crippen molar-refractivity contribution in [3.63, 3.8) is 0 Å². The third kappa shape index (κ3) is 18.5. The fraction of sp³-hybridized carbons (Fsp3) is 0.600. The summed E-state index contributed by atoms with van der Waals surface area (Å²) in [6, 6.07) is -0.272. The van der Waals surface area contributed by atoms with Gasteiger partial charge in [-0.15, -0.1) is 0 Å². The van der Waals surface area contributed by atoms with E-state index in [4.69, 9.17) is 28.7 Å². The van der Waals surface area contributed by atoms with Gasteiger partial charge in [0.2, 0.25) is 65.0 Å². The van der Waals surface area contributed by atoms with E-state index in [0.29, 0.717) is 31.4 Å². The van der Waals surface area contributed by atoms with Crippen molar-refractivity contribution in [2.45, 2.75) is 157 Å². The molecule has 8 atom stereocenters. The molecule has 2 aromatic rings. The lowest BCUT2D eigenvalue weighted by molar-refractivity contribution is -0.142. The maximum atomic E-state index is 14.9. The average Bonchev–Trinajstić information content (AvgIpc) is 4.08. The van der Waals surface area contributed by atoms with Crippen LogP contribution in [0.1, 0.15) is 109 Å². The van der Waals surface area contributed by atoms with Gasteiger partial charge < -0.3 is 75.8 Å². The Labute approximate surface area is 459 Å². The summed E-state index contributed by atoms with van der Waals surface area (Å²) in [5, 5.41) is 19.4. The van der Waals surface area contributed by atoms with Crippen molar-refractivity contribution >= 4 is 103 Å². The highest BCUT2D eigenvalue weighted by atomic mass is 33.1. The number of amides is 11. The number of fused-ring (bicyclic) bond motifs is 1. The highest BCUT2D eigenvalue weighted by molar-refractivity contribution is 8.77. The number of likely N-dealkylation sites (tertiary alicyclic amines) is 1. The molecule has 18 N–H and O–H groups in total. The minimum Gasteiger partial charge on any atom is -0.370 e. The molecule has 3 fully saturated rings. The Morgan fingerprint density at radius 2 is 1.51 bits per heavy atom. The first-order chi connectivity index (χ1) is 37.1. The maximum Gasteiger partial charge on any atom is 0.246 e. The summed E-state index contributed by atoms with van der Waals surface area (Å²) in [6.07, 6.45) is 3.07. The molecule has 3 heterocycles. The normalized spacial score (nSPS) is 23.5. The van der Waals surface area contributed by atoms with Crippen LogP contribution in [-0.4, -0.2) is 153 Å². The summed E-state index contributed by atoms with van der Waals surface area (Å²) in [7, 11) is 2.54. The first-order valence-electron chi connectivity index (χ1n) is 26.3. The van der Waals surface area contributed by atoms with Crippen molar-refractivity contribution in [3.8, 4) is 0 Å². The van der Waals surface area contributed by atoms with E-state index in [-0.39, 0.29) is 63.3 Å². The van der Waals surface area contributed by atoms with Crippen molar-refractivity contribution < 1.29 is 52.7 Å². The molecule has 1 aliphatic carbocycles. The number of rotatable bonds is 19. The van der Waals surface area contributed by atoms with Gasteiger partial charge in [0.05, 0.1) is 13.0 Å². The highest BCUT2D eigenvalue weighted by Crippen LogP contribution is 2.48. The van der Waals surface area contributed by atoms with Gasteiger partial charge in [-0.3, -0.25) is 57.7 Å². The predicted molar refractivity (Wildman–Crippen MR) is 293 cm³/mol. The zero-order chi connectivity index (χ0) is 57.1. The molecule has 5 rings (SSSR count). The quantitative estimate of drug-likeness (QED) is 0.0311. The number of nitrogens with one attached hydrogen (secondary N) is 8. The van der Waals surface area contributed by atoms with Crippen molar-refractivity contribution in [1.29, 1.82) is 0 Å². The third-order valence-corrected chi connectivity index (χ3v) is 17.3. The Kier molecular flexibility index (Phi) is 23.4. The number of guanidine groups is 1. The van der Waals surface area contributed by atoms with Crippen molar-refractivity contribution in [3.05, 3.63) is 36.0 Å². The molecule has 1 aromatic carbocycles. The minimum absolute atomic E-state index is 0.00244. The summed E-state index contributed by atoms with van der Waals surface area (Å²) in [5.41, 5.74) is 28.7. The smallest absolute Gasteiger partial charge is 0.246 e. The van der Waals surface area contributed by atoms with Crippen molar-refractivity contribution in [1.82, 2.24) is 47.1 Å². The van der Waals surface area contributed by atoms with Crippen LogP contribution in [-0.2, 0) is 59.2 Å². The van der Waals surface area contributed by atoms with E-state index in [1.807, 2.05) is 30.3 Å². The first kappa shape index (κ1) is 61.7. The van der Waals surface area contributed by atoms with Gasteiger partial charge in [0.25, 0.3) is 0 Å². The van der Waals surface area contributed by atoms with Crippen LogP contribution < -0.4 is 65.9 Å². The Morgan fingerprint density at radius 3 is 2.18 bits per heavy atom. The topological polar surface area (TPSA) is 433 Å². The summed E-state index contributed by atoms with van der Waals surface area (Å²) >= 11 is 0. The van der Waals surface area contributed by atoms with Crippen LogP contribution in [0.4, 0.5) is 0 Å². The van der Waals surface area contributed by atoms with Gasteiger partial charge in [0, 0.05) is 54.1 Å². The number of carbonyl (C=O) groups excluding carboxylic acids is 11. The number of H-pyrrole nitrogens is 1. The standard InChI is InChI=1S/C50H75N15O11S2/c1-3-27(2)41-47(75)61-32(15-16-37(51)66)43(71)62-34(23-38(52)67)44(72)63-35(48(76)65-20-10-14-36(65)46(74)60-31(13-9-19-56-49(54)55)42(70)57-25-39(53)68)26-77-78-50(17-7-4-8-18-50)24-40(69)59-33(45(73)64-41)22-29-21-28-11-5-6-12-30(28)58-29/h5-6,11-12,21,27,31-36,41,58H,3-4,7-10,13-20,22-26H2,1-2H3,(H2,51,66)(H2,52,67)(H2,53,68)(H,57,70)(H,59,69)(H,60,74)(H,61,75)(H,62,71)(H,63,72)(H,64,73)(H4,54,55,56)/t27-,31-,32-,33+,34-,35-,36-,41-/m0/s1. The van der Waals surface area contributed by atoms with E-state index in [2.05, 4.69) is 47.2 Å². The monoisotopic (exact) mass is 1130 g/mol. The molecule has 428 valence electrons. The number of carbonyl (C=O) groups is 11. The largest absolute Gasteiger partial charge is 0.370 e. The molecule has 0 unspecified atom stereocenters. The van der Waals surface area contributed by atoms with Gasteiger partial charge in [-0.25, -0.2) is 0 Å². The molecule has 2 aliphatic heterocycles. The van der Waals surface area contributed by atoms with E-state index < -0.39 is 137 Å². The number of hydrogen-bond acceptors (Lipinski definition) is 14. The number of hydrogen-bond donors (Lipinski definition) is 13. The second-order valence-electron chi connectivity index (χ2n) is 20.1. The maximum absolute atomic E-state index is 14.9. The fourth-order valence-corrected chi connectivity index (χ4v) is 13.0. The van der Waals surface area contributed by atoms with Crippen LogP contribution in [0.5, 0.6) is 0 Å². The van der Waals surface area contributed by atoms with Crippen molar-refractivity contribution in [2.24, 2.45) is 39.6 Å². The number of primary amides is 3. The van der Waals surface area contributed by atoms with Gasteiger partial charge in [0.15, 0.2) is 5.96 Å². The summed E-state index contributed by atoms with van der Waals surface area (Å²) in [6.45, 7) is 3.13. The molecule has 0 radical (unpaired) electrons. The lowest BCUT2D eigenvalue weighted by Crippen LogP contribution is -2.61. The predicted octanol–water partition coefficient (Wildman–Crippen LogP) is -2.06. The van der Waals surface area contributed by atoms with E-state index >= 15 is 0 Å². The van der Waals surface area contributed by atoms with Crippen molar-refractivity contribution in [2.75, 3.05) is 25.4 Å². The molecule has 28 heteroatoms. The fourth-order valence-electron chi connectivity index (χ4n) is 9.67. The van der Waals surface area contributed by atoms with E-state index in [0.717, 1.165) is 30.2 Å². The molecule has 1 saturated carbocycles. The van der Waals surface area contributed by atoms with E-state index in [9.17, 15) is 52.7 Å². The average molecular weight is 1130 g/mol. The Morgan fingerprint density at radius 1 is 0.821 bits per heavy atom. The molecule has 1 spiro atoms. The Hall–Kier alpha value is -7.10. The van der Waals surface area contributed by atoms with Crippen LogP contribution in [0.15, 0.2) is 35.3 Å². The molecule has 1 aromatic heterocycles. The van der Waals surface area contributed by atoms with Crippen LogP contribution in [0.2, 0.25) is 0 Å². The Balaban J connectivity index is 1.52. The molecule has 26 nitrogen and oxygen atoms in total. The van der Waals surface area contributed by atoms with Crippen LogP contribution in [0.25, 0.3) is 10.9 Å². The number of aliphatic imine (C=N–C) groups is 1. The number of aromatic amines is 1. The SMILES string of the molecule is CC[C@H](C)[C@@H]1NC(=O)[C@@H](Cc2cc3ccccc3[nH]2)NC(=O)CC2(CCCCC2)SSC[C@@H](C(=O)N2CCC[C@H]2C(=O)N[C@@H](CCCN=C(N)N)C(=O)NCC(N)=O)NC(=O)[C@H](CC(N)=O)NC(=O)[C@H](CCC(N)=O)NC1=O. The number of nitrogens with two attached hydrogens (primary N) is 5. The molecule has 78 heavy (non-hydrogen) atoms. The van der Waals surface area contributed by atoms with E-state index in [1.165, 1.54) is 26.5 Å². The highest BCUT2D eigenvalue weighted by Gasteiger charge is 2.42. The third-order valence-electron chi connectivity index (χ3n) is 14.0. The van der Waals surface area contributed by atoms with Gasteiger partial charge in [0.1, 0.15) is 42.3 Å². The number of benzene rings is 1. The zero-order valence-corrected chi connectivity index (χ0v) is 45.7. The number of aromatic nitrogens is 1. The molecule has 2 saturated heterocycles. The number of para-hydroxylation sites is 1. The summed E-state index contributed by atoms with van der Waals surface area (Å²) in [4.78, 5) is 159. The van der Waals surface area contributed by atoms with Crippen LogP contribution >= 0.6 is 21.6 Å². The van der Waals surface area contributed by atoms with Gasteiger partial charge in [-0.2, -0.15) is 0 Å². The van der Waals surface area contributed by atoms with Crippen LogP contribution in [0.3, 0.4) is 0 Å². The van der Waals surface area contributed by atoms with E-state index in [1.54, 1.807) is 13.8 Å². The van der Waals surface area contributed by atoms with Gasteiger partial charge >= 0.3 is 0 Å². The molecular weight excluding hydrogens is 1050 g/mol.